The van der Waals surface area contributed by atoms with Gasteiger partial charge in [0.05, 0.1) is 11.4 Å². The lowest BCUT2D eigenvalue weighted by Gasteiger charge is -2.18. The summed E-state index contributed by atoms with van der Waals surface area (Å²) >= 11 is 5.79. The molecule has 0 unspecified atom stereocenters. The first kappa shape index (κ1) is 15.5. The third kappa shape index (κ3) is 3.96. The molecule has 7 heteroatoms. The highest BCUT2D eigenvalue weighted by atomic mass is 35.5. The lowest BCUT2D eigenvalue weighted by atomic mass is 10.2. The summed E-state index contributed by atoms with van der Waals surface area (Å²) in [5.74, 6) is 1.96. The van der Waals surface area contributed by atoms with E-state index in [-0.39, 0.29) is 22.0 Å². The van der Waals surface area contributed by atoms with Crippen LogP contribution < -0.4 is 5.14 Å². The molecule has 1 rings (SSSR count). The number of rotatable bonds is 4. The van der Waals surface area contributed by atoms with Crippen LogP contribution in [-0.4, -0.2) is 32.3 Å². The number of sulfonamides is 1. The fourth-order valence-electron chi connectivity index (χ4n) is 1.47. The fourth-order valence-corrected chi connectivity index (χ4v) is 2.35. The van der Waals surface area contributed by atoms with E-state index in [1.54, 1.807) is 6.92 Å². The van der Waals surface area contributed by atoms with E-state index in [9.17, 15) is 13.2 Å². The van der Waals surface area contributed by atoms with Crippen LogP contribution in [0.3, 0.4) is 0 Å². The summed E-state index contributed by atoms with van der Waals surface area (Å²) in [5, 5.41) is 5.14. The van der Waals surface area contributed by atoms with E-state index in [1.165, 1.54) is 23.1 Å². The van der Waals surface area contributed by atoms with Gasteiger partial charge in [-0.2, -0.15) is 0 Å². The van der Waals surface area contributed by atoms with Crippen molar-refractivity contribution in [3.63, 3.8) is 0 Å². The van der Waals surface area contributed by atoms with Crippen molar-refractivity contribution in [1.82, 2.24) is 4.90 Å². The molecule has 0 heterocycles. The van der Waals surface area contributed by atoms with E-state index in [0.29, 0.717) is 6.54 Å². The number of carbonyl (C=O) groups is 1. The second kappa shape index (κ2) is 6.06. The smallest absolute Gasteiger partial charge is 0.254 e. The van der Waals surface area contributed by atoms with Crippen LogP contribution in [-0.2, 0) is 10.0 Å². The average Bonchev–Trinajstić information content (AvgIpc) is 2.33. The molecule has 2 N–H and O–H groups in total. The molecule has 0 aliphatic carbocycles. The summed E-state index contributed by atoms with van der Waals surface area (Å²) in [6, 6.07) is 3.74. The number of halogens is 1. The van der Waals surface area contributed by atoms with Crippen LogP contribution in [0, 0.1) is 12.3 Å². The number of terminal acetylenes is 1. The van der Waals surface area contributed by atoms with E-state index >= 15 is 0 Å². The van der Waals surface area contributed by atoms with E-state index < -0.39 is 15.9 Å². The molecule has 1 aromatic rings. The van der Waals surface area contributed by atoms with Crippen molar-refractivity contribution in [3.8, 4) is 12.3 Å². The molecule has 1 amide bonds. The van der Waals surface area contributed by atoms with Gasteiger partial charge in [0.25, 0.3) is 5.91 Å². The molecule has 102 valence electrons. The summed E-state index contributed by atoms with van der Waals surface area (Å²) in [4.78, 5) is 13.3. The summed E-state index contributed by atoms with van der Waals surface area (Å²) in [6.07, 6.45) is 5.16. The zero-order chi connectivity index (χ0) is 14.6. The topological polar surface area (TPSA) is 80.5 Å². The first-order chi connectivity index (χ1) is 8.79. The predicted octanol–water partition coefficient (Wildman–Crippen LogP) is 1.08. The third-order valence-electron chi connectivity index (χ3n) is 2.40. The molecule has 1 aromatic carbocycles. The SMILES string of the molecule is C#CCN(CC)C(=O)c1cc(Cl)cc(S(N)(=O)=O)c1. The number of nitrogens with two attached hydrogens (primary N) is 1. The quantitative estimate of drug-likeness (QED) is 0.845. The number of nitrogens with zero attached hydrogens (tertiary/aromatic N) is 1. The first-order valence-corrected chi connectivity index (χ1v) is 7.28. The van der Waals surface area contributed by atoms with Gasteiger partial charge in [-0.3, -0.25) is 4.79 Å². The highest BCUT2D eigenvalue weighted by Gasteiger charge is 2.17. The van der Waals surface area contributed by atoms with Gasteiger partial charge in [0.15, 0.2) is 0 Å². The molecule has 5 nitrogen and oxygen atoms in total. The summed E-state index contributed by atoms with van der Waals surface area (Å²) in [5.41, 5.74) is 0.133. The van der Waals surface area contributed by atoms with Crippen molar-refractivity contribution >= 4 is 27.5 Å². The molecule has 0 bridgehead atoms. The minimum atomic E-state index is -3.92. The number of amides is 1. The Labute approximate surface area is 117 Å². The third-order valence-corrected chi connectivity index (χ3v) is 3.51. The Balaban J connectivity index is 3.25. The molecule has 0 aromatic heterocycles. The van der Waals surface area contributed by atoms with Crippen LogP contribution in [0.5, 0.6) is 0 Å². The van der Waals surface area contributed by atoms with Gasteiger partial charge in [0.1, 0.15) is 0 Å². The predicted molar refractivity (Wildman–Crippen MR) is 73.2 cm³/mol. The average molecular weight is 301 g/mol. The zero-order valence-electron chi connectivity index (χ0n) is 10.3. The summed E-state index contributed by atoms with van der Waals surface area (Å²) in [7, 11) is -3.92. The number of carbonyl (C=O) groups excluding carboxylic acids is 1. The fraction of sp³-hybridized carbons (Fsp3) is 0.250. The summed E-state index contributed by atoms with van der Waals surface area (Å²) in [6.45, 7) is 2.30. The van der Waals surface area contributed by atoms with Crippen molar-refractivity contribution in [3.05, 3.63) is 28.8 Å². The number of hydrogen-bond acceptors (Lipinski definition) is 3. The Morgan fingerprint density at radius 2 is 2.11 bits per heavy atom. The van der Waals surface area contributed by atoms with E-state index in [0.717, 1.165) is 0 Å². The Morgan fingerprint density at radius 1 is 1.47 bits per heavy atom. The van der Waals surface area contributed by atoms with Crippen LogP contribution in [0.2, 0.25) is 5.02 Å². The van der Waals surface area contributed by atoms with Gasteiger partial charge in [0.2, 0.25) is 10.0 Å². The second-order valence-electron chi connectivity index (χ2n) is 3.74. The van der Waals surface area contributed by atoms with Crippen LogP contribution >= 0.6 is 11.6 Å². The van der Waals surface area contributed by atoms with Crippen molar-refractivity contribution in [1.29, 1.82) is 0 Å². The van der Waals surface area contributed by atoms with Crippen molar-refractivity contribution in [2.45, 2.75) is 11.8 Å². The maximum absolute atomic E-state index is 12.1. The molecule has 0 spiro atoms. The second-order valence-corrected chi connectivity index (χ2v) is 5.74. The minimum absolute atomic E-state index is 0.117. The Bertz CT molecular complexity index is 635. The molecule has 0 aliphatic heterocycles. The van der Waals surface area contributed by atoms with Gasteiger partial charge in [-0.25, -0.2) is 13.6 Å². The minimum Gasteiger partial charge on any atom is -0.328 e. The van der Waals surface area contributed by atoms with Gasteiger partial charge in [-0.05, 0) is 25.1 Å². The highest BCUT2D eigenvalue weighted by Crippen LogP contribution is 2.19. The van der Waals surface area contributed by atoms with Crippen molar-refractivity contribution in [2.24, 2.45) is 5.14 Å². The maximum atomic E-state index is 12.1. The zero-order valence-corrected chi connectivity index (χ0v) is 11.8. The lowest BCUT2D eigenvalue weighted by Crippen LogP contribution is -2.31. The Morgan fingerprint density at radius 3 is 2.58 bits per heavy atom. The molecule has 0 saturated heterocycles. The van der Waals surface area contributed by atoms with Crippen LogP contribution in [0.4, 0.5) is 0 Å². The van der Waals surface area contributed by atoms with Crippen LogP contribution in [0.1, 0.15) is 17.3 Å². The van der Waals surface area contributed by atoms with Gasteiger partial charge in [-0.1, -0.05) is 17.5 Å². The molecule has 0 atom stereocenters. The van der Waals surface area contributed by atoms with Gasteiger partial charge >= 0.3 is 0 Å². The lowest BCUT2D eigenvalue weighted by molar-refractivity contribution is 0.0784. The van der Waals surface area contributed by atoms with Gasteiger partial charge in [-0.15, -0.1) is 6.42 Å². The summed E-state index contributed by atoms with van der Waals surface area (Å²) < 4.78 is 22.6. The van der Waals surface area contributed by atoms with Gasteiger partial charge < -0.3 is 4.90 Å². The van der Waals surface area contributed by atoms with E-state index in [4.69, 9.17) is 23.2 Å². The monoisotopic (exact) mass is 300 g/mol. The highest BCUT2D eigenvalue weighted by molar-refractivity contribution is 7.89. The maximum Gasteiger partial charge on any atom is 0.254 e. The molecule has 19 heavy (non-hydrogen) atoms. The van der Waals surface area contributed by atoms with Crippen LogP contribution in [0.25, 0.3) is 0 Å². The molecule has 0 fully saturated rings. The van der Waals surface area contributed by atoms with E-state index in [1.807, 2.05) is 0 Å². The normalized spacial score (nSPS) is 10.8. The van der Waals surface area contributed by atoms with Crippen molar-refractivity contribution < 1.29 is 13.2 Å². The van der Waals surface area contributed by atoms with E-state index in [2.05, 4.69) is 5.92 Å². The van der Waals surface area contributed by atoms with Crippen LogP contribution in [0.15, 0.2) is 23.1 Å². The van der Waals surface area contributed by atoms with Crippen molar-refractivity contribution in [2.75, 3.05) is 13.1 Å². The molecule has 0 radical (unpaired) electrons. The standard InChI is InChI=1S/C12H13ClN2O3S/c1-3-5-15(4-2)12(16)9-6-10(13)8-11(7-9)19(14,17)18/h1,6-8H,4-5H2,2H3,(H2,14,17,18). The molecule has 0 saturated carbocycles. The van der Waals surface area contributed by atoms with Gasteiger partial charge in [0, 0.05) is 17.1 Å². The molecular formula is C12H13ClN2O3S. The number of hydrogen-bond donors (Lipinski definition) is 1. The number of benzene rings is 1. The largest absolute Gasteiger partial charge is 0.328 e. The first-order valence-electron chi connectivity index (χ1n) is 5.35. The molecular weight excluding hydrogens is 288 g/mol. The Kier molecular flexibility index (Phi) is 4.95. The Hall–Kier alpha value is -1.55. The molecule has 0 aliphatic rings. The number of primary sulfonamides is 1.